The smallest absolute Gasteiger partial charge is 0.201 e. The van der Waals surface area contributed by atoms with Gasteiger partial charge in [0.15, 0.2) is 31.0 Å². The zero-order valence-electron chi connectivity index (χ0n) is 111. The van der Waals surface area contributed by atoms with Crippen molar-refractivity contribution in [2.75, 3.05) is 0 Å². The molecule has 10 heteroatoms. The average molecular weight is 2030 g/mol. The molecule has 0 N–H and O–H groups in total. The molecule has 0 aliphatic carbocycles. The van der Waals surface area contributed by atoms with Crippen LogP contribution in [0.4, 0.5) is 0 Å². The molecule has 5 heterocycles. The molecule has 0 radical (unpaired) electrons. The van der Waals surface area contributed by atoms with Crippen LogP contribution in [0.1, 0.15) is 183 Å². The van der Waals surface area contributed by atoms with Gasteiger partial charge in [-0.1, -0.05) is 366 Å². The Morgan fingerprint density at radius 2 is 0.455 bits per heavy atom. The van der Waals surface area contributed by atoms with E-state index in [0.717, 1.165) is 67.3 Å². The number of hydrogen-bond donors (Lipinski definition) is 0. The summed E-state index contributed by atoms with van der Waals surface area (Å²) in [5.74, 6) is 0. The van der Waals surface area contributed by atoms with Crippen LogP contribution in [-0.4, -0.2) is 40.4 Å². The van der Waals surface area contributed by atoms with E-state index in [1.807, 2.05) is 140 Å². The SMILES string of the molecule is Cc1ccc(-c2cc(-c3cc(C)cc[n+]3C)c(C)cc2[Si](C)(C)C)cc1.[2H]C([2H])([2H])c1c[n+](C)c(-c2cc(-c3ccc(C)cc3)c([Si](C)(C)C)cc2C)cc1C.[2H]C([2H])([2H])c1c[n+](C)c(-c2cc(-c3ccc(C)cc3)c([Si](C)(C)C)cc2C)cc1C([2H])([2H])C(C)(C)C.[2H]C([2H])([2H])c1ccc(-c2cc(-c3ccc(C)cc3)c([Si](C)(C)C)cc2C)[n+](C)c1.[2H]C([2H])(c1cc(-c2cc(-c3ccc(C)cc3)c([Si](C)(C)C)cc2C)[n+](C)cc1C([2H])([2H])C(C)(C)C)C(C)(C)C. The summed E-state index contributed by atoms with van der Waals surface area (Å²) >= 11 is 0. The van der Waals surface area contributed by atoms with Crippen molar-refractivity contribution in [1.29, 1.82) is 0 Å². The van der Waals surface area contributed by atoms with Crippen LogP contribution in [0, 0.1) is 120 Å². The molecule has 15 rings (SSSR count). The Bertz CT molecular complexity index is 7880. The molecule has 0 aliphatic rings. The number of aromatic nitrogens is 5. The molecule has 0 atom stereocenters. The molecule has 5 aromatic heterocycles. The summed E-state index contributed by atoms with van der Waals surface area (Å²) in [7, 11) is 1.83. The van der Waals surface area contributed by atoms with Gasteiger partial charge >= 0.3 is 0 Å². The lowest BCUT2D eigenvalue weighted by Crippen LogP contribution is -2.39. The molecule has 0 fully saturated rings. The largest absolute Gasteiger partial charge is 0.212 e. The summed E-state index contributed by atoms with van der Waals surface area (Å²) in [6.07, 6.45) is 3.73. The summed E-state index contributed by atoms with van der Waals surface area (Å²) in [5, 5.41) is 7.22. The zero-order valence-corrected chi connectivity index (χ0v) is 101. The third-order valence-electron chi connectivity index (χ3n) is 27.1. The van der Waals surface area contributed by atoms with E-state index in [-0.39, 0.29) is 11.1 Å². The first-order valence-corrected chi connectivity index (χ1v) is 69.3. The van der Waals surface area contributed by atoms with Gasteiger partial charge in [0.05, 0.1) is 40.4 Å². The van der Waals surface area contributed by atoms with Crippen LogP contribution in [0.5, 0.6) is 0 Å². The van der Waals surface area contributed by atoms with E-state index in [1.165, 1.54) is 137 Å². The number of pyridine rings is 5. The summed E-state index contributed by atoms with van der Waals surface area (Å²) in [5.41, 5.74) is 37.2. The minimum absolute atomic E-state index is 0.0591. The van der Waals surface area contributed by atoms with Gasteiger partial charge in [-0.05, 0) is 281 Å². The van der Waals surface area contributed by atoms with E-state index in [9.17, 15) is 2.74 Å². The van der Waals surface area contributed by atoms with Gasteiger partial charge in [0.2, 0.25) is 28.5 Å². The predicted molar refractivity (Wildman–Crippen MR) is 648 cm³/mol. The van der Waals surface area contributed by atoms with Gasteiger partial charge in [-0.3, -0.25) is 0 Å². The van der Waals surface area contributed by atoms with E-state index in [1.54, 1.807) is 30.7 Å². The Hall–Kier alpha value is -11.0. The van der Waals surface area contributed by atoms with Gasteiger partial charge in [0.1, 0.15) is 35.2 Å². The Morgan fingerprint density at radius 1 is 0.207 bits per heavy atom. The number of rotatable bonds is 18. The number of aryl methyl sites for hydroxylation is 20. The summed E-state index contributed by atoms with van der Waals surface area (Å²) in [4.78, 5) is 0. The molecule has 5 nitrogen and oxygen atoms in total. The van der Waals surface area contributed by atoms with Crippen LogP contribution in [0.2, 0.25) is 98.2 Å². The first-order valence-electron chi connectivity index (χ1n) is 59.3. The van der Waals surface area contributed by atoms with Crippen molar-refractivity contribution in [3.8, 4) is 112 Å². The molecule has 0 aliphatic heterocycles. The van der Waals surface area contributed by atoms with Crippen molar-refractivity contribution in [3.05, 3.63) is 356 Å². The van der Waals surface area contributed by atoms with E-state index in [4.69, 9.17) is 17.8 Å². The molecule has 145 heavy (non-hydrogen) atoms. The van der Waals surface area contributed by atoms with Gasteiger partial charge in [-0.15, -0.1) is 0 Å². The highest BCUT2D eigenvalue weighted by molar-refractivity contribution is 6.91. The quantitative estimate of drug-likeness (QED) is 0.0603. The van der Waals surface area contributed by atoms with Crippen molar-refractivity contribution in [1.82, 2.24) is 0 Å². The standard InChI is InChI=1S/C33H48NSi.C29H40NSi.C25H32NSi.2C24H30NSi/c1-23-13-15-25(16-14-23)29-19-28(24(2)17-31(29)35(10,11)12)30-18-26(20-32(3,4)5)27(22-34(30)9)21-33(6,7)8;1-20-11-13-23(14-12-20)26-17-25(21(2)15-28(26)31(8,9)10)27-16-24(18-29(4,5)6)22(3)19-30(27)7;1-17-9-11-21(12-10-17)23-15-22(19(3)14-25(23)27(6,7)8)24-13-18(2)20(4)16-26(24)5;1-17-8-11-20(12-9-17)22-15-21(19(3)14-24(22)26(5,6)7)23-13-10-18(2)16-25(23)4;1-17-8-10-20(11-9-17)22-16-21(19(3)15-24(22)26(5,6)7)23-14-18(2)12-13-25(23)4/h13-19,22H,20-21H2,1-12H3;11-17,19H,18H2,1-10H3;9-16H,1-8H3;2*8-16H,1-7H3/q5*+1/i20D2,21D2;3D3,18D2;4D3;2D3;. The monoisotopic (exact) mass is 2030 g/mol. The molecule has 15 aromatic rings. The molecule has 0 unspecified atom stereocenters. The first-order chi connectivity index (χ1) is 73.1. The van der Waals surface area contributed by atoms with Crippen molar-refractivity contribution in [2.45, 2.75) is 283 Å². The molecule has 0 saturated heterocycles. The second-order valence-electron chi connectivity index (χ2n) is 49.4. The van der Waals surface area contributed by atoms with Gasteiger partial charge in [0, 0.05) is 107 Å². The molecular formula is C135H180N5Si5+5. The van der Waals surface area contributed by atoms with Crippen LogP contribution in [0.25, 0.3) is 112 Å². The Kier molecular flexibility index (Phi) is 29.4. The number of nitrogens with zero attached hydrogens (tertiary/aromatic N) is 5. The van der Waals surface area contributed by atoms with E-state index < -0.39 is 96.3 Å². The molecule has 760 valence electrons. The van der Waals surface area contributed by atoms with Gasteiger partial charge in [-0.2, -0.15) is 0 Å². The third-order valence-corrected chi connectivity index (χ3v) is 37.2. The molecule has 0 spiro atoms. The fourth-order valence-electron chi connectivity index (χ4n) is 19.1. The number of hydrogen-bond acceptors (Lipinski definition) is 0. The fraction of sp³-hybridized carbons (Fsp3) is 0.370. The maximum absolute atomic E-state index is 9.24. The van der Waals surface area contributed by atoms with E-state index >= 15 is 0 Å². The summed E-state index contributed by atoms with van der Waals surface area (Å²) in [6, 6.07) is 80.8. The Balaban J connectivity index is 0.000000189. The number of benzene rings is 10. The van der Waals surface area contributed by atoms with E-state index in [2.05, 4.69) is 386 Å². The minimum Gasteiger partial charge on any atom is -0.201 e. The van der Waals surface area contributed by atoms with Gasteiger partial charge in [0.25, 0.3) is 0 Å². The highest BCUT2D eigenvalue weighted by Gasteiger charge is 2.34. The lowest BCUT2D eigenvalue weighted by molar-refractivity contribution is -0.661. The molecule has 0 bridgehead atoms. The molecule has 0 amide bonds. The normalized spacial score (nSPS) is 14.2. The Labute approximate surface area is 906 Å². The topological polar surface area (TPSA) is 19.4 Å². The second kappa shape index (κ2) is 45.4. The van der Waals surface area contributed by atoms with Crippen LogP contribution in [0.15, 0.2) is 255 Å². The van der Waals surface area contributed by atoms with Crippen molar-refractivity contribution >= 4 is 66.3 Å². The molecular weight excluding hydrogens is 1830 g/mol. The summed E-state index contributed by atoms with van der Waals surface area (Å²) in [6.45, 7) is 71.3. The fourth-order valence-corrected chi connectivity index (χ4v) is 27.5. The minimum atomic E-state index is -2.42. The maximum Gasteiger partial charge on any atom is 0.212 e. The highest BCUT2D eigenvalue weighted by Crippen LogP contribution is 2.40. The van der Waals surface area contributed by atoms with Crippen molar-refractivity contribution < 1.29 is 43.4 Å². The first kappa shape index (κ1) is 93.8. The molecule has 10 aromatic carbocycles. The lowest BCUT2D eigenvalue weighted by Gasteiger charge is -2.25. The van der Waals surface area contributed by atoms with Crippen LogP contribution in [-0.2, 0) is 54.4 Å². The van der Waals surface area contributed by atoms with Crippen molar-refractivity contribution in [3.63, 3.8) is 0 Å². The lowest BCUT2D eigenvalue weighted by atomic mass is 9.81. The van der Waals surface area contributed by atoms with Crippen LogP contribution >= 0.6 is 0 Å². The highest BCUT2D eigenvalue weighted by atomic mass is 28.3. The Morgan fingerprint density at radius 3 is 0.738 bits per heavy atom. The van der Waals surface area contributed by atoms with Gasteiger partial charge in [-0.25, -0.2) is 22.8 Å². The second-order valence-corrected chi connectivity index (χ2v) is 74.6. The van der Waals surface area contributed by atoms with Gasteiger partial charge < -0.3 is 0 Å². The van der Waals surface area contributed by atoms with Crippen LogP contribution in [0.3, 0.4) is 0 Å². The zero-order chi connectivity index (χ0) is 120. The average Bonchev–Trinajstić information content (AvgIpc) is 0.726. The molecule has 0 saturated carbocycles. The van der Waals surface area contributed by atoms with Crippen molar-refractivity contribution in [2.24, 2.45) is 51.5 Å². The maximum atomic E-state index is 9.24. The van der Waals surface area contributed by atoms with E-state index in [0.29, 0.717) is 22.3 Å². The third kappa shape index (κ3) is 29.5. The predicted octanol–water partition coefficient (Wildman–Crippen LogP) is 31.3. The summed E-state index contributed by atoms with van der Waals surface area (Å²) < 4.78 is 135. The van der Waals surface area contributed by atoms with Crippen LogP contribution < -0.4 is 48.8 Å².